The van der Waals surface area contributed by atoms with E-state index in [1.165, 1.54) is 24.5 Å². The number of likely N-dealkylation sites (tertiary alicyclic amines) is 1. The van der Waals surface area contributed by atoms with Crippen LogP contribution in [0.5, 0.6) is 5.75 Å². The molecule has 2 aliphatic heterocycles. The molecular formula is C18H16FNO4. The van der Waals surface area contributed by atoms with E-state index in [1.54, 1.807) is 17.0 Å². The Bertz CT molecular complexity index is 791. The Morgan fingerprint density at radius 3 is 2.71 bits per heavy atom. The second kappa shape index (κ2) is 5.47. The maximum absolute atomic E-state index is 13.3. The van der Waals surface area contributed by atoms with E-state index >= 15 is 0 Å². The number of hydrogen-bond acceptors (Lipinski definition) is 4. The smallest absolute Gasteiger partial charge is 0.289 e. The number of fused-ring (bicyclic) bond motifs is 1. The first-order valence-corrected chi connectivity index (χ1v) is 7.91. The third kappa shape index (κ3) is 2.48. The maximum Gasteiger partial charge on any atom is 0.289 e. The van der Waals surface area contributed by atoms with Crippen molar-refractivity contribution in [2.45, 2.75) is 24.9 Å². The molecule has 0 aliphatic carbocycles. The highest BCUT2D eigenvalue weighted by Crippen LogP contribution is 2.39. The Morgan fingerprint density at radius 1 is 1.21 bits per heavy atom. The minimum absolute atomic E-state index is 0.110. The van der Waals surface area contributed by atoms with Crippen molar-refractivity contribution in [3.63, 3.8) is 0 Å². The first-order chi connectivity index (χ1) is 11.6. The molecule has 0 atom stereocenters. The van der Waals surface area contributed by atoms with E-state index in [2.05, 4.69) is 0 Å². The van der Waals surface area contributed by atoms with Crippen molar-refractivity contribution in [3.8, 4) is 5.75 Å². The van der Waals surface area contributed by atoms with Crippen LogP contribution in [0.1, 0.15) is 40.2 Å². The lowest BCUT2D eigenvalue weighted by Gasteiger charge is -2.43. The first kappa shape index (κ1) is 14.9. The fourth-order valence-corrected chi connectivity index (χ4v) is 3.42. The molecule has 1 spiro atoms. The van der Waals surface area contributed by atoms with E-state index in [0.717, 1.165) is 0 Å². The van der Waals surface area contributed by atoms with E-state index in [-0.39, 0.29) is 18.1 Å². The van der Waals surface area contributed by atoms with Crippen LogP contribution in [0.4, 0.5) is 4.39 Å². The quantitative estimate of drug-likeness (QED) is 0.807. The van der Waals surface area contributed by atoms with Gasteiger partial charge < -0.3 is 14.1 Å². The molecule has 4 rings (SSSR count). The topological polar surface area (TPSA) is 59.8 Å². The fraction of sp³-hybridized carbons (Fsp3) is 0.333. The normalized spacial score (nSPS) is 19.0. The molecule has 1 fully saturated rings. The van der Waals surface area contributed by atoms with E-state index in [9.17, 15) is 14.0 Å². The van der Waals surface area contributed by atoms with Crippen molar-refractivity contribution in [1.82, 2.24) is 4.90 Å². The molecule has 2 aliphatic rings. The van der Waals surface area contributed by atoms with Gasteiger partial charge in [-0.3, -0.25) is 9.59 Å². The van der Waals surface area contributed by atoms with Gasteiger partial charge in [-0.15, -0.1) is 0 Å². The number of benzene rings is 1. The first-order valence-electron chi connectivity index (χ1n) is 7.91. The third-order valence-electron chi connectivity index (χ3n) is 4.75. The molecule has 1 aromatic heterocycles. The Morgan fingerprint density at radius 2 is 2.00 bits per heavy atom. The molecule has 1 aromatic carbocycles. The number of furan rings is 1. The average molecular weight is 329 g/mol. The zero-order valence-corrected chi connectivity index (χ0v) is 13.0. The Hall–Kier alpha value is -2.63. The van der Waals surface area contributed by atoms with Gasteiger partial charge in [0.05, 0.1) is 18.2 Å². The van der Waals surface area contributed by atoms with Crippen molar-refractivity contribution in [3.05, 3.63) is 53.7 Å². The van der Waals surface area contributed by atoms with Crippen LogP contribution in [0.2, 0.25) is 0 Å². The Balaban J connectivity index is 1.50. The third-order valence-corrected chi connectivity index (χ3v) is 4.75. The number of hydrogen-bond donors (Lipinski definition) is 0. The second-order valence-electron chi connectivity index (χ2n) is 6.30. The van der Waals surface area contributed by atoms with Gasteiger partial charge in [0.2, 0.25) is 0 Å². The summed E-state index contributed by atoms with van der Waals surface area (Å²) in [7, 11) is 0. The predicted molar refractivity (Wildman–Crippen MR) is 82.6 cm³/mol. The molecule has 0 N–H and O–H groups in total. The van der Waals surface area contributed by atoms with Crippen LogP contribution < -0.4 is 4.74 Å². The SMILES string of the molecule is O=C1CC2(CCN(C(=O)c3ccco3)CC2)Oc2ccc(F)cc21. The van der Waals surface area contributed by atoms with Crippen molar-refractivity contribution < 1.29 is 23.1 Å². The number of nitrogens with zero attached hydrogens (tertiary/aromatic N) is 1. The molecule has 5 nitrogen and oxygen atoms in total. The Labute approximate surface area is 138 Å². The van der Waals surface area contributed by atoms with Crippen molar-refractivity contribution in [1.29, 1.82) is 0 Å². The van der Waals surface area contributed by atoms with Crippen LogP contribution in [0, 0.1) is 5.82 Å². The lowest BCUT2D eigenvalue weighted by atomic mass is 9.82. The van der Waals surface area contributed by atoms with Gasteiger partial charge in [-0.2, -0.15) is 0 Å². The number of ketones is 1. The summed E-state index contributed by atoms with van der Waals surface area (Å²) in [6.07, 6.45) is 2.80. The van der Waals surface area contributed by atoms with Crippen LogP contribution >= 0.6 is 0 Å². The monoisotopic (exact) mass is 329 g/mol. The second-order valence-corrected chi connectivity index (χ2v) is 6.30. The maximum atomic E-state index is 13.3. The largest absolute Gasteiger partial charge is 0.486 e. The highest BCUT2D eigenvalue weighted by atomic mass is 19.1. The number of ether oxygens (including phenoxy) is 1. The molecule has 0 saturated carbocycles. The zero-order valence-electron chi connectivity index (χ0n) is 13.0. The van der Waals surface area contributed by atoms with Crippen LogP contribution in [0.3, 0.4) is 0 Å². The summed E-state index contributed by atoms with van der Waals surface area (Å²) in [5, 5.41) is 0. The lowest BCUT2D eigenvalue weighted by Crippen LogP contribution is -2.52. The molecule has 0 bridgehead atoms. The minimum atomic E-state index is -0.609. The van der Waals surface area contributed by atoms with Gasteiger partial charge in [-0.1, -0.05) is 0 Å². The molecule has 124 valence electrons. The average Bonchev–Trinajstić information content (AvgIpc) is 3.10. The summed E-state index contributed by atoms with van der Waals surface area (Å²) < 4.78 is 24.5. The molecule has 1 amide bonds. The number of carbonyl (C=O) groups is 2. The van der Waals surface area contributed by atoms with Gasteiger partial charge in [-0.25, -0.2) is 4.39 Å². The number of halogens is 1. The van der Waals surface area contributed by atoms with E-state index < -0.39 is 11.4 Å². The molecule has 1 saturated heterocycles. The van der Waals surface area contributed by atoms with E-state index in [4.69, 9.17) is 9.15 Å². The highest BCUT2D eigenvalue weighted by Gasteiger charge is 2.44. The van der Waals surface area contributed by atoms with Gasteiger partial charge in [0.25, 0.3) is 5.91 Å². The van der Waals surface area contributed by atoms with Gasteiger partial charge in [0, 0.05) is 25.9 Å². The summed E-state index contributed by atoms with van der Waals surface area (Å²) in [6.45, 7) is 0.979. The van der Waals surface area contributed by atoms with Gasteiger partial charge >= 0.3 is 0 Å². The lowest BCUT2D eigenvalue weighted by molar-refractivity contribution is -0.00651. The summed E-state index contributed by atoms with van der Waals surface area (Å²) in [6, 6.07) is 7.33. The highest BCUT2D eigenvalue weighted by molar-refractivity contribution is 6.00. The van der Waals surface area contributed by atoms with Crippen molar-refractivity contribution in [2.75, 3.05) is 13.1 Å². The molecule has 24 heavy (non-hydrogen) atoms. The number of piperidine rings is 1. The summed E-state index contributed by atoms with van der Waals surface area (Å²) in [5.74, 6) is 0.0346. The van der Waals surface area contributed by atoms with Crippen LogP contribution in [0.15, 0.2) is 41.0 Å². The van der Waals surface area contributed by atoms with Crippen molar-refractivity contribution >= 4 is 11.7 Å². The van der Waals surface area contributed by atoms with Crippen LogP contribution in [0.25, 0.3) is 0 Å². The van der Waals surface area contributed by atoms with Gasteiger partial charge in [-0.05, 0) is 30.3 Å². The molecule has 2 aromatic rings. The standard InChI is InChI=1S/C18H16FNO4/c19-12-3-4-15-13(10-12)14(21)11-18(24-15)5-7-20(8-6-18)17(22)16-2-1-9-23-16/h1-4,9-10H,5-8,11H2. The summed E-state index contributed by atoms with van der Waals surface area (Å²) in [5.41, 5.74) is -0.309. The molecular weight excluding hydrogens is 313 g/mol. The van der Waals surface area contributed by atoms with Crippen LogP contribution in [-0.4, -0.2) is 35.3 Å². The summed E-state index contributed by atoms with van der Waals surface area (Å²) >= 11 is 0. The summed E-state index contributed by atoms with van der Waals surface area (Å²) in [4.78, 5) is 26.4. The van der Waals surface area contributed by atoms with Crippen LogP contribution in [-0.2, 0) is 0 Å². The Kier molecular flexibility index (Phi) is 3.40. The van der Waals surface area contributed by atoms with Gasteiger partial charge in [0.15, 0.2) is 11.5 Å². The predicted octanol–water partition coefficient (Wildman–Crippen LogP) is 3.06. The number of rotatable bonds is 1. The number of amides is 1. The molecule has 3 heterocycles. The minimum Gasteiger partial charge on any atom is -0.486 e. The van der Waals surface area contributed by atoms with E-state index in [1.807, 2.05) is 0 Å². The number of carbonyl (C=O) groups excluding carboxylic acids is 2. The van der Waals surface area contributed by atoms with Gasteiger partial charge in [0.1, 0.15) is 17.2 Å². The molecule has 0 unspecified atom stereocenters. The molecule has 6 heteroatoms. The fourth-order valence-electron chi connectivity index (χ4n) is 3.42. The van der Waals surface area contributed by atoms with Crippen molar-refractivity contribution in [2.24, 2.45) is 0 Å². The zero-order chi connectivity index (χ0) is 16.7. The number of Topliss-reactive ketones (excluding diaryl/α,β-unsaturated/α-hetero) is 1. The molecule has 0 radical (unpaired) electrons. The van der Waals surface area contributed by atoms with E-state index in [0.29, 0.717) is 43.0 Å².